The van der Waals surface area contributed by atoms with Gasteiger partial charge in [-0.2, -0.15) is 5.26 Å². The smallest absolute Gasteiger partial charge is 0.0852 e. The molecule has 2 nitrogen and oxygen atoms in total. The van der Waals surface area contributed by atoms with Gasteiger partial charge in [-0.15, -0.1) is 0 Å². The van der Waals surface area contributed by atoms with Gasteiger partial charge in [0.1, 0.15) is 0 Å². The number of benzene rings is 1. The zero-order valence-electron chi connectivity index (χ0n) is 10.6. The van der Waals surface area contributed by atoms with Crippen molar-refractivity contribution in [2.75, 3.05) is 6.54 Å². The molecule has 0 unspecified atom stereocenters. The maximum Gasteiger partial charge on any atom is 0.0852 e. The van der Waals surface area contributed by atoms with Crippen LogP contribution in [0.4, 0.5) is 0 Å². The second-order valence-corrected chi connectivity index (χ2v) is 5.47. The lowest BCUT2D eigenvalue weighted by Crippen LogP contribution is -2.51. The molecule has 90 valence electrons. The Hall–Kier alpha value is -1.33. The van der Waals surface area contributed by atoms with Gasteiger partial charge in [-0.1, -0.05) is 44.2 Å². The van der Waals surface area contributed by atoms with E-state index in [1.54, 1.807) is 0 Å². The summed E-state index contributed by atoms with van der Waals surface area (Å²) < 4.78 is 0. The Morgan fingerprint density at radius 2 is 2.00 bits per heavy atom. The summed E-state index contributed by atoms with van der Waals surface area (Å²) >= 11 is 0. The van der Waals surface area contributed by atoms with Crippen LogP contribution in [-0.4, -0.2) is 12.6 Å². The molecule has 0 heterocycles. The molecule has 0 bridgehead atoms. The summed E-state index contributed by atoms with van der Waals surface area (Å²) in [6, 6.07) is 13.2. The predicted octanol–water partition coefficient (Wildman–Crippen LogP) is 2.86. The van der Waals surface area contributed by atoms with Gasteiger partial charge in [0.2, 0.25) is 0 Å². The van der Waals surface area contributed by atoms with Crippen LogP contribution in [0.1, 0.15) is 32.3 Å². The molecule has 1 aromatic rings. The Kier molecular flexibility index (Phi) is 3.49. The lowest BCUT2D eigenvalue weighted by molar-refractivity contribution is 0.221. The second kappa shape index (κ2) is 4.89. The van der Waals surface area contributed by atoms with Crippen LogP contribution >= 0.6 is 0 Å². The van der Waals surface area contributed by atoms with Crippen molar-refractivity contribution in [3.05, 3.63) is 35.9 Å². The molecule has 2 heteroatoms. The molecule has 1 aliphatic carbocycles. The second-order valence-electron chi connectivity index (χ2n) is 5.47. The van der Waals surface area contributed by atoms with Gasteiger partial charge in [0.15, 0.2) is 0 Å². The fourth-order valence-corrected chi connectivity index (χ4v) is 2.48. The molecule has 0 radical (unpaired) electrons. The molecule has 2 rings (SSSR count). The standard InChI is InChI=1S/C15H20N2/c1-12(2)10-17-14-8-15(9-14,11-16)13-6-4-3-5-7-13/h3-7,12,14,17H,8-10H2,1-2H3. The van der Waals surface area contributed by atoms with Gasteiger partial charge in [-0.05, 0) is 30.9 Å². The topological polar surface area (TPSA) is 35.8 Å². The fourth-order valence-electron chi connectivity index (χ4n) is 2.48. The molecule has 1 saturated carbocycles. The number of hydrogen-bond acceptors (Lipinski definition) is 2. The van der Waals surface area contributed by atoms with Gasteiger partial charge in [0.25, 0.3) is 0 Å². The van der Waals surface area contributed by atoms with E-state index in [0.717, 1.165) is 19.4 Å². The molecule has 0 atom stereocenters. The molecule has 0 aliphatic heterocycles. The van der Waals surface area contributed by atoms with Crippen molar-refractivity contribution in [2.24, 2.45) is 5.92 Å². The largest absolute Gasteiger partial charge is 0.314 e. The Bertz CT molecular complexity index is 397. The molecular formula is C15H20N2. The third kappa shape index (κ3) is 2.50. The summed E-state index contributed by atoms with van der Waals surface area (Å²) in [5, 5.41) is 12.9. The maximum atomic E-state index is 9.41. The molecular weight excluding hydrogens is 208 g/mol. The van der Waals surface area contributed by atoms with E-state index in [0.29, 0.717) is 12.0 Å². The van der Waals surface area contributed by atoms with Gasteiger partial charge in [0, 0.05) is 6.04 Å². The van der Waals surface area contributed by atoms with E-state index in [2.05, 4.69) is 37.4 Å². The van der Waals surface area contributed by atoms with E-state index in [4.69, 9.17) is 0 Å². The van der Waals surface area contributed by atoms with E-state index >= 15 is 0 Å². The average molecular weight is 228 g/mol. The van der Waals surface area contributed by atoms with E-state index < -0.39 is 0 Å². The van der Waals surface area contributed by atoms with Crippen molar-refractivity contribution in [3.63, 3.8) is 0 Å². The van der Waals surface area contributed by atoms with Crippen LogP contribution < -0.4 is 5.32 Å². The first kappa shape index (κ1) is 12.1. The Morgan fingerprint density at radius 3 is 2.53 bits per heavy atom. The van der Waals surface area contributed by atoms with Gasteiger partial charge in [-0.25, -0.2) is 0 Å². The minimum Gasteiger partial charge on any atom is -0.314 e. The van der Waals surface area contributed by atoms with Gasteiger partial charge >= 0.3 is 0 Å². The summed E-state index contributed by atoms with van der Waals surface area (Å²) in [5.74, 6) is 0.670. The van der Waals surface area contributed by atoms with Crippen LogP contribution in [0.3, 0.4) is 0 Å². The molecule has 1 N–H and O–H groups in total. The highest BCUT2D eigenvalue weighted by Crippen LogP contribution is 2.43. The van der Waals surface area contributed by atoms with Crippen molar-refractivity contribution in [2.45, 2.75) is 38.1 Å². The van der Waals surface area contributed by atoms with E-state index in [1.165, 1.54) is 5.56 Å². The first-order chi connectivity index (χ1) is 8.16. The van der Waals surface area contributed by atoms with Crippen molar-refractivity contribution < 1.29 is 0 Å². The number of hydrogen-bond donors (Lipinski definition) is 1. The highest BCUT2D eigenvalue weighted by atomic mass is 14.9. The number of nitrogens with zero attached hydrogens (tertiary/aromatic N) is 1. The van der Waals surface area contributed by atoms with Gasteiger partial charge < -0.3 is 5.32 Å². The lowest BCUT2D eigenvalue weighted by atomic mass is 9.62. The summed E-state index contributed by atoms with van der Waals surface area (Å²) in [4.78, 5) is 0. The van der Waals surface area contributed by atoms with Crippen LogP contribution in [-0.2, 0) is 5.41 Å². The molecule has 17 heavy (non-hydrogen) atoms. The van der Waals surface area contributed by atoms with Crippen LogP contribution in [0.15, 0.2) is 30.3 Å². The summed E-state index contributed by atoms with van der Waals surface area (Å²) in [6.07, 6.45) is 1.89. The highest BCUT2D eigenvalue weighted by Gasteiger charge is 2.45. The number of nitriles is 1. The third-order valence-corrected chi connectivity index (χ3v) is 3.54. The first-order valence-corrected chi connectivity index (χ1v) is 6.36. The Balaban J connectivity index is 1.97. The maximum absolute atomic E-state index is 9.41. The van der Waals surface area contributed by atoms with E-state index in [1.807, 2.05) is 18.2 Å². The minimum absolute atomic E-state index is 0.240. The Labute approximate surface area is 104 Å². The third-order valence-electron chi connectivity index (χ3n) is 3.54. The number of nitrogens with one attached hydrogen (secondary N) is 1. The molecule has 0 saturated heterocycles. The van der Waals surface area contributed by atoms with Crippen molar-refractivity contribution in [3.8, 4) is 6.07 Å². The molecule has 1 fully saturated rings. The van der Waals surface area contributed by atoms with Crippen LogP contribution in [0.2, 0.25) is 0 Å². The lowest BCUT2D eigenvalue weighted by Gasteiger charge is -2.43. The monoisotopic (exact) mass is 228 g/mol. The normalized spacial score (nSPS) is 27.5. The van der Waals surface area contributed by atoms with E-state index in [9.17, 15) is 5.26 Å². The number of rotatable bonds is 4. The molecule has 0 aromatic heterocycles. The van der Waals surface area contributed by atoms with Crippen molar-refractivity contribution in [1.82, 2.24) is 5.32 Å². The molecule has 0 spiro atoms. The molecule has 0 amide bonds. The summed E-state index contributed by atoms with van der Waals surface area (Å²) in [5.41, 5.74) is 0.931. The van der Waals surface area contributed by atoms with Gasteiger partial charge in [0.05, 0.1) is 11.5 Å². The van der Waals surface area contributed by atoms with Crippen molar-refractivity contribution in [1.29, 1.82) is 5.26 Å². The fraction of sp³-hybridized carbons (Fsp3) is 0.533. The highest BCUT2D eigenvalue weighted by molar-refractivity contribution is 5.36. The molecule has 1 aliphatic rings. The van der Waals surface area contributed by atoms with E-state index in [-0.39, 0.29) is 5.41 Å². The van der Waals surface area contributed by atoms with Crippen LogP contribution in [0.5, 0.6) is 0 Å². The predicted molar refractivity (Wildman–Crippen MR) is 69.6 cm³/mol. The SMILES string of the molecule is CC(C)CNC1CC(C#N)(c2ccccc2)C1. The zero-order chi connectivity index (χ0) is 12.3. The minimum atomic E-state index is -0.240. The average Bonchev–Trinajstić information content (AvgIpc) is 2.29. The van der Waals surface area contributed by atoms with Crippen molar-refractivity contribution >= 4 is 0 Å². The van der Waals surface area contributed by atoms with Crippen LogP contribution in [0.25, 0.3) is 0 Å². The van der Waals surface area contributed by atoms with Gasteiger partial charge in [-0.3, -0.25) is 0 Å². The van der Waals surface area contributed by atoms with Crippen LogP contribution in [0, 0.1) is 17.2 Å². The summed E-state index contributed by atoms with van der Waals surface area (Å²) in [6.45, 7) is 5.46. The quantitative estimate of drug-likeness (QED) is 0.860. The molecule has 1 aromatic carbocycles. The first-order valence-electron chi connectivity index (χ1n) is 6.36. The Morgan fingerprint density at radius 1 is 1.35 bits per heavy atom. The summed E-state index contributed by atoms with van der Waals surface area (Å²) in [7, 11) is 0. The zero-order valence-corrected chi connectivity index (χ0v) is 10.6.